The van der Waals surface area contributed by atoms with Gasteiger partial charge in [0.15, 0.2) is 0 Å². The standard InChI is InChI=1S/C10H16N2O2/c1-8-5-9(12-14-8)6-11-7-10-3-2-4-13-10/h5,10-11H,2-4,6-7H2,1H3. The smallest absolute Gasteiger partial charge is 0.133 e. The van der Waals surface area contributed by atoms with E-state index in [9.17, 15) is 0 Å². The highest BCUT2D eigenvalue weighted by atomic mass is 16.5. The first-order valence-corrected chi connectivity index (χ1v) is 5.09. The third-order valence-electron chi connectivity index (χ3n) is 2.38. The Hall–Kier alpha value is -0.870. The molecule has 0 amide bonds. The minimum Gasteiger partial charge on any atom is -0.377 e. The van der Waals surface area contributed by atoms with Crippen LogP contribution in [0.5, 0.6) is 0 Å². The van der Waals surface area contributed by atoms with E-state index in [1.54, 1.807) is 0 Å². The summed E-state index contributed by atoms with van der Waals surface area (Å²) in [5.74, 6) is 0.860. The summed E-state index contributed by atoms with van der Waals surface area (Å²) in [5.41, 5.74) is 0.959. The molecular weight excluding hydrogens is 180 g/mol. The normalized spacial score (nSPS) is 21.6. The summed E-state index contributed by atoms with van der Waals surface area (Å²) in [5, 5.41) is 7.21. The van der Waals surface area contributed by atoms with Gasteiger partial charge in [0, 0.05) is 25.8 Å². The van der Waals surface area contributed by atoms with E-state index in [-0.39, 0.29) is 0 Å². The SMILES string of the molecule is Cc1cc(CNCC2CCCO2)no1. The molecule has 1 unspecified atom stereocenters. The molecule has 0 bridgehead atoms. The fourth-order valence-corrected chi connectivity index (χ4v) is 1.67. The van der Waals surface area contributed by atoms with E-state index in [2.05, 4.69) is 10.5 Å². The molecule has 0 saturated carbocycles. The van der Waals surface area contributed by atoms with Crippen molar-refractivity contribution in [2.75, 3.05) is 13.2 Å². The molecule has 1 aliphatic rings. The topological polar surface area (TPSA) is 47.3 Å². The highest BCUT2D eigenvalue weighted by molar-refractivity contribution is 5.02. The third kappa shape index (κ3) is 2.56. The number of nitrogens with zero attached hydrogens (tertiary/aromatic N) is 1. The van der Waals surface area contributed by atoms with Gasteiger partial charge >= 0.3 is 0 Å². The van der Waals surface area contributed by atoms with E-state index >= 15 is 0 Å². The zero-order chi connectivity index (χ0) is 9.80. The second-order valence-corrected chi connectivity index (χ2v) is 3.69. The number of ether oxygens (including phenoxy) is 1. The lowest BCUT2D eigenvalue weighted by Crippen LogP contribution is -2.25. The molecule has 14 heavy (non-hydrogen) atoms. The van der Waals surface area contributed by atoms with Crippen LogP contribution in [-0.4, -0.2) is 24.4 Å². The van der Waals surface area contributed by atoms with Crippen molar-refractivity contribution in [2.45, 2.75) is 32.4 Å². The first-order chi connectivity index (χ1) is 6.84. The van der Waals surface area contributed by atoms with E-state index in [0.29, 0.717) is 6.10 Å². The predicted octanol–water partition coefficient (Wildman–Crippen LogP) is 1.25. The Labute approximate surface area is 83.6 Å². The van der Waals surface area contributed by atoms with Crippen molar-refractivity contribution in [2.24, 2.45) is 0 Å². The molecule has 0 spiro atoms. The Morgan fingerprint density at radius 2 is 2.57 bits per heavy atom. The second-order valence-electron chi connectivity index (χ2n) is 3.69. The van der Waals surface area contributed by atoms with Gasteiger partial charge in [-0.15, -0.1) is 0 Å². The molecule has 1 atom stereocenters. The largest absolute Gasteiger partial charge is 0.377 e. The number of nitrogens with one attached hydrogen (secondary N) is 1. The van der Waals surface area contributed by atoms with Gasteiger partial charge in [-0.25, -0.2) is 0 Å². The van der Waals surface area contributed by atoms with Crippen LogP contribution in [0.4, 0.5) is 0 Å². The summed E-state index contributed by atoms with van der Waals surface area (Å²) in [6.45, 7) is 4.48. The molecule has 1 saturated heterocycles. The molecule has 1 aliphatic heterocycles. The molecule has 4 heteroatoms. The van der Waals surface area contributed by atoms with Gasteiger partial charge in [0.1, 0.15) is 5.76 Å². The summed E-state index contributed by atoms with van der Waals surface area (Å²) >= 11 is 0. The molecule has 78 valence electrons. The maximum Gasteiger partial charge on any atom is 0.133 e. The first-order valence-electron chi connectivity index (χ1n) is 5.09. The van der Waals surface area contributed by atoms with Crippen molar-refractivity contribution in [3.05, 3.63) is 17.5 Å². The predicted molar refractivity (Wildman–Crippen MR) is 51.9 cm³/mol. The van der Waals surface area contributed by atoms with Gasteiger partial charge in [-0.2, -0.15) is 0 Å². The van der Waals surface area contributed by atoms with Crippen LogP contribution in [0.3, 0.4) is 0 Å². The van der Waals surface area contributed by atoms with Gasteiger partial charge in [0.2, 0.25) is 0 Å². The van der Waals surface area contributed by atoms with E-state index < -0.39 is 0 Å². The van der Waals surface area contributed by atoms with Gasteiger partial charge in [-0.3, -0.25) is 0 Å². The molecule has 2 rings (SSSR count). The Morgan fingerprint density at radius 1 is 1.64 bits per heavy atom. The fraction of sp³-hybridized carbons (Fsp3) is 0.700. The molecule has 0 aromatic carbocycles. The Bertz CT molecular complexity index is 279. The van der Waals surface area contributed by atoms with Gasteiger partial charge in [-0.1, -0.05) is 5.16 Å². The van der Waals surface area contributed by atoms with Crippen LogP contribution >= 0.6 is 0 Å². The minimum absolute atomic E-state index is 0.392. The highest BCUT2D eigenvalue weighted by Crippen LogP contribution is 2.10. The molecule has 2 heterocycles. The van der Waals surface area contributed by atoms with Gasteiger partial charge in [-0.05, 0) is 19.8 Å². The molecule has 1 aromatic rings. The molecule has 1 fully saturated rings. The summed E-state index contributed by atoms with van der Waals surface area (Å²) in [6, 6.07) is 1.95. The van der Waals surface area contributed by atoms with Gasteiger partial charge in [0.05, 0.1) is 11.8 Å². The second kappa shape index (κ2) is 4.57. The average Bonchev–Trinajstić information content (AvgIpc) is 2.77. The van der Waals surface area contributed by atoms with E-state index in [0.717, 1.165) is 31.2 Å². The lowest BCUT2D eigenvalue weighted by atomic mass is 10.2. The molecule has 0 radical (unpaired) electrons. The number of aromatic nitrogens is 1. The van der Waals surface area contributed by atoms with Gasteiger partial charge in [0.25, 0.3) is 0 Å². The quantitative estimate of drug-likeness (QED) is 0.787. The maximum atomic E-state index is 5.49. The molecule has 1 N–H and O–H groups in total. The van der Waals surface area contributed by atoms with Crippen molar-refractivity contribution in [1.29, 1.82) is 0 Å². The van der Waals surface area contributed by atoms with Crippen LogP contribution < -0.4 is 5.32 Å². The Balaban J connectivity index is 1.67. The van der Waals surface area contributed by atoms with Crippen LogP contribution in [0, 0.1) is 6.92 Å². The van der Waals surface area contributed by atoms with Crippen molar-refractivity contribution in [1.82, 2.24) is 10.5 Å². The summed E-state index contributed by atoms with van der Waals surface area (Å²) in [7, 11) is 0. The maximum absolute atomic E-state index is 5.49. The molecule has 0 aliphatic carbocycles. The number of hydrogen-bond acceptors (Lipinski definition) is 4. The number of aryl methyl sites for hydroxylation is 1. The molecule has 1 aromatic heterocycles. The summed E-state index contributed by atoms with van der Waals surface area (Å²) < 4.78 is 10.5. The number of rotatable bonds is 4. The number of hydrogen-bond donors (Lipinski definition) is 1. The minimum atomic E-state index is 0.392. The first kappa shape index (κ1) is 9.68. The molecule has 4 nitrogen and oxygen atoms in total. The monoisotopic (exact) mass is 196 g/mol. The Kier molecular flexibility index (Phi) is 3.16. The van der Waals surface area contributed by atoms with Crippen molar-refractivity contribution in [3.8, 4) is 0 Å². The lowest BCUT2D eigenvalue weighted by Gasteiger charge is -2.08. The van der Waals surface area contributed by atoms with Crippen LogP contribution in [-0.2, 0) is 11.3 Å². The van der Waals surface area contributed by atoms with E-state index in [4.69, 9.17) is 9.26 Å². The zero-order valence-electron chi connectivity index (χ0n) is 8.45. The fourth-order valence-electron chi connectivity index (χ4n) is 1.67. The third-order valence-corrected chi connectivity index (χ3v) is 2.38. The van der Waals surface area contributed by atoms with Gasteiger partial charge < -0.3 is 14.6 Å². The lowest BCUT2D eigenvalue weighted by molar-refractivity contribution is 0.110. The van der Waals surface area contributed by atoms with Crippen molar-refractivity contribution in [3.63, 3.8) is 0 Å². The van der Waals surface area contributed by atoms with Crippen LogP contribution in [0.25, 0.3) is 0 Å². The van der Waals surface area contributed by atoms with Crippen molar-refractivity contribution >= 4 is 0 Å². The summed E-state index contributed by atoms with van der Waals surface area (Å²) in [4.78, 5) is 0. The van der Waals surface area contributed by atoms with Crippen molar-refractivity contribution < 1.29 is 9.26 Å². The van der Waals surface area contributed by atoms with Crippen LogP contribution in [0.1, 0.15) is 24.3 Å². The zero-order valence-corrected chi connectivity index (χ0v) is 8.45. The van der Waals surface area contributed by atoms with E-state index in [1.165, 1.54) is 12.8 Å². The highest BCUT2D eigenvalue weighted by Gasteiger charge is 2.14. The summed E-state index contributed by atoms with van der Waals surface area (Å²) in [6.07, 6.45) is 2.75. The Morgan fingerprint density at radius 3 is 3.21 bits per heavy atom. The van der Waals surface area contributed by atoms with E-state index in [1.807, 2.05) is 13.0 Å². The van der Waals surface area contributed by atoms with Crippen LogP contribution in [0.2, 0.25) is 0 Å². The average molecular weight is 196 g/mol. The molecular formula is C10H16N2O2. The van der Waals surface area contributed by atoms with Crippen LogP contribution in [0.15, 0.2) is 10.6 Å².